The van der Waals surface area contributed by atoms with E-state index in [1.54, 1.807) is 6.92 Å². The summed E-state index contributed by atoms with van der Waals surface area (Å²) < 4.78 is 0. The molecule has 0 unspecified atom stereocenters. The lowest BCUT2D eigenvalue weighted by Crippen LogP contribution is -2.24. The maximum absolute atomic E-state index is 10.2. The van der Waals surface area contributed by atoms with Crippen LogP contribution in [-0.4, -0.2) is 11.3 Å². The summed E-state index contributed by atoms with van der Waals surface area (Å²) in [5.74, 6) is -0.356. The van der Waals surface area contributed by atoms with Gasteiger partial charge >= 0.3 is 5.37 Å². The zero-order valence-corrected chi connectivity index (χ0v) is 5.16. The van der Waals surface area contributed by atoms with E-state index in [1.807, 2.05) is 5.32 Å². The molecular weight excluding hydrogens is 130 g/mol. The van der Waals surface area contributed by atoms with E-state index in [9.17, 15) is 9.59 Å². The first-order chi connectivity index (χ1) is 3.66. The van der Waals surface area contributed by atoms with E-state index in [1.165, 1.54) is 0 Å². The first-order valence-electron chi connectivity index (χ1n) is 2.16. The predicted octanol–water partition coefficient (Wildman–Crippen LogP) is 0.871. The second-order valence-corrected chi connectivity index (χ2v) is 1.52. The number of rotatable bonds is 1. The number of halogens is 1. The van der Waals surface area contributed by atoms with Gasteiger partial charge in [0.15, 0.2) is 0 Å². The van der Waals surface area contributed by atoms with Crippen molar-refractivity contribution in [2.75, 3.05) is 0 Å². The van der Waals surface area contributed by atoms with Crippen molar-refractivity contribution in [3.63, 3.8) is 0 Å². The van der Waals surface area contributed by atoms with Gasteiger partial charge in [-0.2, -0.15) is 0 Å². The quantitative estimate of drug-likeness (QED) is 0.428. The Kier molecular flexibility index (Phi) is 3.19. The van der Waals surface area contributed by atoms with Gasteiger partial charge in [-0.05, 0) is 11.6 Å². The third-order valence-electron chi connectivity index (χ3n) is 0.559. The summed E-state index contributed by atoms with van der Waals surface area (Å²) in [7, 11) is 0. The molecule has 0 atom stereocenters. The fourth-order valence-electron chi connectivity index (χ4n) is 0.198. The average Bonchev–Trinajstić information content (AvgIpc) is 1.65. The molecular formula is C4H6ClNO2. The summed E-state index contributed by atoms with van der Waals surface area (Å²) in [6.45, 7) is 1.63. The van der Waals surface area contributed by atoms with E-state index in [4.69, 9.17) is 11.6 Å². The Hall–Kier alpha value is -0.570. The molecule has 3 nitrogen and oxygen atoms in total. The molecule has 0 saturated carbocycles. The van der Waals surface area contributed by atoms with Crippen molar-refractivity contribution in [1.82, 2.24) is 5.32 Å². The van der Waals surface area contributed by atoms with E-state index in [2.05, 4.69) is 0 Å². The Morgan fingerprint density at radius 1 is 1.62 bits per heavy atom. The number of hydrogen-bond acceptors (Lipinski definition) is 2. The molecule has 0 aliphatic heterocycles. The molecule has 0 aromatic heterocycles. The van der Waals surface area contributed by atoms with Crippen LogP contribution in [0.5, 0.6) is 0 Å². The molecule has 0 fully saturated rings. The standard InChI is InChI=1S/C4H6ClNO2/c1-2-3(7)6-4(5)8/h2H2,1H3,(H,6,7,8). The normalized spacial score (nSPS) is 8.25. The Labute approximate surface area is 52.0 Å². The Bertz CT molecular complexity index is 113. The van der Waals surface area contributed by atoms with Crippen LogP contribution in [0.4, 0.5) is 4.79 Å². The van der Waals surface area contributed by atoms with Crippen LogP contribution in [-0.2, 0) is 4.79 Å². The van der Waals surface area contributed by atoms with Crippen LogP contribution in [0.25, 0.3) is 0 Å². The van der Waals surface area contributed by atoms with Crippen LogP contribution >= 0.6 is 11.6 Å². The molecule has 2 amide bonds. The fourth-order valence-corrected chi connectivity index (χ4v) is 0.303. The van der Waals surface area contributed by atoms with E-state index in [0.717, 1.165) is 0 Å². The highest BCUT2D eigenvalue weighted by Crippen LogP contribution is 1.79. The minimum absolute atomic E-state index is 0.276. The van der Waals surface area contributed by atoms with Crippen molar-refractivity contribution in [3.8, 4) is 0 Å². The van der Waals surface area contributed by atoms with Crippen LogP contribution in [0.3, 0.4) is 0 Å². The highest BCUT2D eigenvalue weighted by Gasteiger charge is 1.98. The molecule has 0 aromatic rings. The Morgan fingerprint density at radius 2 is 2.12 bits per heavy atom. The molecule has 0 spiro atoms. The second-order valence-electron chi connectivity index (χ2n) is 1.18. The van der Waals surface area contributed by atoms with Crippen molar-refractivity contribution in [3.05, 3.63) is 0 Å². The van der Waals surface area contributed by atoms with Gasteiger partial charge in [0, 0.05) is 6.42 Å². The summed E-state index contributed by atoms with van der Waals surface area (Å²) in [6, 6.07) is 0. The number of imide groups is 1. The van der Waals surface area contributed by atoms with E-state index in [-0.39, 0.29) is 12.3 Å². The molecule has 8 heavy (non-hydrogen) atoms. The monoisotopic (exact) mass is 135 g/mol. The number of carbonyl (C=O) groups is 2. The minimum Gasteiger partial charge on any atom is -0.283 e. The number of amides is 2. The second kappa shape index (κ2) is 3.43. The molecule has 0 heterocycles. The van der Waals surface area contributed by atoms with Gasteiger partial charge in [-0.25, -0.2) is 0 Å². The van der Waals surface area contributed by atoms with Crippen molar-refractivity contribution in [1.29, 1.82) is 0 Å². The maximum atomic E-state index is 10.2. The lowest BCUT2D eigenvalue weighted by molar-refractivity contribution is -0.119. The first kappa shape index (κ1) is 7.43. The summed E-state index contributed by atoms with van der Waals surface area (Å²) in [5, 5.41) is 1.06. The third kappa shape index (κ3) is 3.61. The summed E-state index contributed by atoms with van der Waals surface area (Å²) in [4.78, 5) is 20.1. The fraction of sp³-hybridized carbons (Fsp3) is 0.500. The summed E-state index contributed by atoms with van der Waals surface area (Å²) in [5.41, 5.74) is 0. The van der Waals surface area contributed by atoms with Crippen molar-refractivity contribution >= 4 is 22.9 Å². The lowest BCUT2D eigenvalue weighted by atomic mass is 10.5. The first-order valence-corrected chi connectivity index (χ1v) is 2.54. The average molecular weight is 136 g/mol. The van der Waals surface area contributed by atoms with Gasteiger partial charge in [0.1, 0.15) is 0 Å². The molecule has 0 aliphatic rings. The number of nitrogens with one attached hydrogen (secondary N) is 1. The molecule has 4 heteroatoms. The molecule has 0 radical (unpaired) electrons. The zero-order valence-electron chi connectivity index (χ0n) is 4.40. The van der Waals surface area contributed by atoms with Crippen LogP contribution in [0.15, 0.2) is 0 Å². The van der Waals surface area contributed by atoms with E-state index < -0.39 is 5.37 Å². The largest absolute Gasteiger partial charge is 0.320 e. The minimum atomic E-state index is -0.822. The summed E-state index contributed by atoms with van der Waals surface area (Å²) >= 11 is 4.78. The van der Waals surface area contributed by atoms with Crippen molar-refractivity contribution < 1.29 is 9.59 Å². The molecule has 0 bridgehead atoms. The van der Waals surface area contributed by atoms with Gasteiger partial charge in [-0.1, -0.05) is 6.92 Å². The van der Waals surface area contributed by atoms with E-state index >= 15 is 0 Å². The number of carbonyl (C=O) groups excluding carboxylic acids is 2. The topological polar surface area (TPSA) is 46.2 Å². The van der Waals surface area contributed by atoms with E-state index in [0.29, 0.717) is 0 Å². The van der Waals surface area contributed by atoms with Gasteiger partial charge in [0.2, 0.25) is 5.91 Å². The molecule has 0 saturated heterocycles. The Balaban J connectivity index is 3.40. The van der Waals surface area contributed by atoms with Crippen molar-refractivity contribution in [2.24, 2.45) is 0 Å². The van der Waals surface area contributed by atoms with Gasteiger partial charge < -0.3 is 0 Å². The van der Waals surface area contributed by atoms with Crippen LogP contribution in [0, 0.1) is 0 Å². The van der Waals surface area contributed by atoms with Crippen LogP contribution < -0.4 is 5.32 Å². The van der Waals surface area contributed by atoms with Gasteiger partial charge in [-0.3, -0.25) is 14.9 Å². The highest BCUT2D eigenvalue weighted by molar-refractivity contribution is 6.64. The van der Waals surface area contributed by atoms with Crippen molar-refractivity contribution in [2.45, 2.75) is 13.3 Å². The van der Waals surface area contributed by atoms with Gasteiger partial charge in [0.25, 0.3) is 0 Å². The number of hydrogen-bond donors (Lipinski definition) is 1. The smallest absolute Gasteiger partial charge is 0.283 e. The van der Waals surface area contributed by atoms with Gasteiger partial charge in [-0.15, -0.1) is 0 Å². The zero-order chi connectivity index (χ0) is 6.57. The Morgan fingerprint density at radius 3 is 2.25 bits per heavy atom. The van der Waals surface area contributed by atoms with Crippen LogP contribution in [0.2, 0.25) is 0 Å². The molecule has 0 aromatic carbocycles. The SMILES string of the molecule is CCC(=O)NC(=O)Cl. The predicted molar refractivity (Wildman–Crippen MR) is 29.7 cm³/mol. The summed E-state index contributed by atoms with van der Waals surface area (Å²) in [6.07, 6.45) is 0.276. The third-order valence-corrected chi connectivity index (χ3v) is 0.653. The molecule has 0 rings (SSSR count). The molecule has 46 valence electrons. The van der Waals surface area contributed by atoms with Gasteiger partial charge in [0.05, 0.1) is 0 Å². The lowest BCUT2D eigenvalue weighted by Gasteiger charge is -1.90. The molecule has 1 N–H and O–H groups in total. The van der Waals surface area contributed by atoms with Crippen LogP contribution in [0.1, 0.15) is 13.3 Å². The maximum Gasteiger partial charge on any atom is 0.320 e. The molecule has 0 aliphatic carbocycles. The highest BCUT2D eigenvalue weighted by atomic mass is 35.5.